The van der Waals surface area contributed by atoms with Crippen molar-refractivity contribution < 1.29 is 15.3 Å². The summed E-state index contributed by atoms with van der Waals surface area (Å²) in [6.07, 6.45) is 1.63. The van der Waals surface area contributed by atoms with Crippen LogP contribution >= 0.6 is 0 Å². The van der Waals surface area contributed by atoms with Crippen molar-refractivity contribution in [3.63, 3.8) is 0 Å². The number of phenols is 3. The van der Waals surface area contributed by atoms with Crippen LogP contribution in [-0.4, -0.2) is 21.9 Å². The van der Waals surface area contributed by atoms with Crippen LogP contribution in [0.3, 0.4) is 0 Å². The number of rotatable bonds is 0. The molecule has 0 spiro atoms. The highest BCUT2D eigenvalue weighted by Crippen LogP contribution is 2.50. The van der Waals surface area contributed by atoms with E-state index in [9.17, 15) is 15.3 Å². The van der Waals surface area contributed by atoms with Crippen molar-refractivity contribution in [3.8, 4) is 28.4 Å². The Morgan fingerprint density at radius 2 is 1.90 bits per heavy atom. The van der Waals surface area contributed by atoms with E-state index in [0.29, 0.717) is 5.56 Å². The van der Waals surface area contributed by atoms with Crippen LogP contribution in [0.5, 0.6) is 17.2 Å². The first-order chi connectivity index (χ1) is 9.65. The van der Waals surface area contributed by atoms with Gasteiger partial charge in [-0.15, -0.1) is 0 Å². The van der Waals surface area contributed by atoms with Gasteiger partial charge in [-0.1, -0.05) is 6.07 Å². The minimum absolute atomic E-state index is 0.0657. The highest BCUT2D eigenvalue weighted by Gasteiger charge is 2.32. The highest BCUT2D eigenvalue weighted by molar-refractivity contribution is 5.83. The zero-order valence-corrected chi connectivity index (χ0v) is 10.8. The standard InChI is InChI=1S/C16H15NO3/c18-10-1-2-11-9(5-10)6-12-14-8(3-4-17-12)7-13(19)16(20)15(11)14/h1-2,5,7,12,17-20H,3-4,6H2. The van der Waals surface area contributed by atoms with E-state index in [-0.39, 0.29) is 23.3 Å². The molecule has 4 N–H and O–H groups in total. The van der Waals surface area contributed by atoms with Crippen molar-refractivity contribution in [1.29, 1.82) is 0 Å². The van der Waals surface area contributed by atoms with Crippen LogP contribution in [0.1, 0.15) is 22.7 Å². The Kier molecular flexibility index (Phi) is 2.26. The molecule has 2 aliphatic rings. The van der Waals surface area contributed by atoms with Crippen molar-refractivity contribution in [1.82, 2.24) is 5.32 Å². The lowest BCUT2D eigenvalue weighted by Crippen LogP contribution is -2.33. The number of nitrogens with one attached hydrogen (secondary N) is 1. The molecule has 1 unspecified atom stereocenters. The van der Waals surface area contributed by atoms with E-state index in [0.717, 1.165) is 41.6 Å². The molecule has 4 heteroatoms. The molecular formula is C16H15NO3. The quantitative estimate of drug-likeness (QED) is 0.553. The second kappa shape index (κ2) is 3.90. The fraction of sp³-hybridized carbons (Fsp3) is 0.250. The third-order valence-corrected chi connectivity index (χ3v) is 4.32. The fourth-order valence-corrected chi connectivity index (χ4v) is 3.48. The lowest BCUT2D eigenvalue weighted by molar-refractivity contribution is 0.399. The zero-order chi connectivity index (χ0) is 13.9. The summed E-state index contributed by atoms with van der Waals surface area (Å²) in [5.74, 6) is 0.0901. The van der Waals surface area contributed by atoms with Crippen LogP contribution < -0.4 is 5.32 Å². The van der Waals surface area contributed by atoms with Gasteiger partial charge in [-0.3, -0.25) is 0 Å². The molecule has 0 fully saturated rings. The monoisotopic (exact) mass is 269 g/mol. The molecule has 0 amide bonds. The molecule has 0 aromatic heterocycles. The molecule has 1 aliphatic heterocycles. The first kappa shape index (κ1) is 11.6. The predicted molar refractivity (Wildman–Crippen MR) is 75.0 cm³/mol. The second-order valence-corrected chi connectivity index (χ2v) is 5.49. The van der Waals surface area contributed by atoms with E-state index in [4.69, 9.17) is 0 Å². The van der Waals surface area contributed by atoms with Gasteiger partial charge >= 0.3 is 0 Å². The predicted octanol–water partition coefficient (Wildman–Crippen LogP) is 2.21. The van der Waals surface area contributed by atoms with Crippen molar-refractivity contribution in [2.45, 2.75) is 18.9 Å². The van der Waals surface area contributed by atoms with Crippen LogP contribution in [0.25, 0.3) is 11.1 Å². The molecule has 0 saturated carbocycles. The number of aromatic hydroxyl groups is 3. The largest absolute Gasteiger partial charge is 0.508 e. The topological polar surface area (TPSA) is 72.7 Å². The first-order valence-electron chi connectivity index (χ1n) is 6.78. The van der Waals surface area contributed by atoms with Crippen molar-refractivity contribution in [3.05, 3.63) is 41.0 Å². The van der Waals surface area contributed by atoms with E-state index in [1.165, 1.54) is 0 Å². The average molecular weight is 269 g/mol. The molecule has 4 rings (SSSR count). The maximum Gasteiger partial charge on any atom is 0.165 e. The van der Waals surface area contributed by atoms with Gasteiger partial charge < -0.3 is 20.6 Å². The minimum Gasteiger partial charge on any atom is -0.508 e. The Morgan fingerprint density at radius 3 is 2.75 bits per heavy atom. The first-order valence-corrected chi connectivity index (χ1v) is 6.78. The summed E-state index contributed by atoms with van der Waals surface area (Å²) in [6, 6.07) is 6.97. The summed E-state index contributed by atoms with van der Waals surface area (Å²) in [5.41, 5.74) is 4.78. The van der Waals surface area contributed by atoms with Gasteiger partial charge in [-0.2, -0.15) is 0 Å². The molecular weight excluding hydrogens is 254 g/mol. The molecule has 1 atom stereocenters. The molecule has 2 aromatic rings. The van der Waals surface area contributed by atoms with E-state index < -0.39 is 0 Å². The van der Waals surface area contributed by atoms with Crippen LogP contribution in [0.15, 0.2) is 24.3 Å². The van der Waals surface area contributed by atoms with Gasteiger partial charge in [-0.05, 0) is 59.8 Å². The van der Waals surface area contributed by atoms with Gasteiger partial charge in [0.2, 0.25) is 0 Å². The van der Waals surface area contributed by atoms with Gasteiger partial charge in [0.1, 0.15) is 5.75 Å². The fourth-order valence-electron chi connectivity index (χ4n) is 3.48. The Labute approximate surface area is 116 Å². The normalized spacial score (nSPS) is 19.3. The third-order valence-electron chi connectivity index (χ3n) is 4.32. The average Bonchev–Trinajstić information content (AvgIpc) is 2.43. The smallest absolute Gasteiger partial charge is 0.165 e. The van der Waals surface area contributed by atoms with Gasteiger partial charge in [0.25, 0.3) is 0 Å². The summed E-state index contributed by atoms with van der Waals surface area (Å²) < 4.78 is 0. The molecule has 0 radical (unpaired) electrons. The number of phenolic OH excluding ortho intramolecular Hbond substituents is 3. The lowest BCUT2D eigenvalue weighted by atomic mass is 9.77. The second-order valence-electron chi connectivity index (χ2n) is 5.49. The van der Waals surface area contributed by atoms with Gasteiger partial charge in [0.05, 0.1) is 0 Å². The maximum atomic E-state index is 10.3. The molecule has 1 aliphatic carbocycles. The van der Waals surface area contributed by atoms with E-state index >= 15 is 0 Å². The summed E-state index contributed by atoms with van der Waals surface area (Å²) in [5, 5.41) is 33.3. The van der Waals surface area contributed by atoms with Gasteiger partial charge in [0, 0.05) is 11.6 Å². The minimum atomic E-state index is -0.0691. The molecule has 4 nitrogen and oxygen atoms in total. The Balaban J connectivity index is 2.08. The number of benzene rings is 2. The zero-order valence-electron chi connectivity index (χ0n) is 10.8. The van der Waals surface area contributed by atoms with Crippen LogP contribution in [0.2, 0.25) is 0 Å². The van der Waals surface area contributed by atoms with Crippen LogP contribution in [0.4, 0.5) is 0 Å². The van der Waals surface area contributed by atoms with Gasteiger partial charge in [0.15, 0.2) is 11.5 Å². The lowest BCUT2D eigenvalue weighted by Gasteiger charge is -2.34. The van der Waals surface area contributed by atoms with E-state index in [1.54, 1.807) is 18.2 Å². The van der Waals surface area contributed by atoms with Crippen LogP contribution in [-0.2, 0) is 12.8 Å². The number of hydrogen-bond donors (Lipinski definition) is 4. The Morgan fingerprint density at radius 1 is 1.05 bits per heavy atom. The summed E-state index contributed by atoms with van der Waals surface area (Å²) in [4.78, 5) is 0. The highest BCUT2D eigenvalue weighted by atomic mass is 16.3. The van der Waals surface area contributed by atoms with Gasteiger partial charge in [-0.25, -0.2) is 0 Å². The number of hydrogen-bond acceptors (Lipinski definition) is 4. The third kappa shape index (κ3) is 1.45. The Hall–Kier alpha value is -2.20. The molecule has 0 saturated heterocycles. The number of fused-ring (bicyclic) bond motifs is 2. The van der Waals surface area contributed by atoms with E-state index in [1.807, 2.05) is 6.07 Å². The molecule has 1 heterocycles. The van der Waals surface area contributed by atoms with Crippen LogP contribution in [0, 0.1) is 0 Å². The molecule has 102 valence electrons. The van der Waals surface area contributed by atoms with Crippen molar-refractivity contribution >= 4 is 0 Å². The Bertz CT molecular complexity index is 724. The summed E-state index contributed by atoms with van der Waals surface area (Å²) in [7, 11) is 0. The van der Waals surface area contributed by atoms with E-state index in [2.05, 4.69) is 5.32 Å². The van der Waals surface area contributed by atoms with Crippen molar-refractivity contribution in [2.24, 2.45) is 0 Å². The maximum absolute atomic E-state index is 10.3. The SMILES string of the molecule is Oc1ccc2c(c1)CC1NCCc3cc(O)c(O)c-2c31. The summed E-state index contributed by atoms with van der Waals surface area (Å²) in [6.45, 7) is 0.857. The molecule has 20 heavy (non-hydrogen) atoms. The molecule has 0 bridgehead atoms. The molecule has 2 aromatic carbocycles. The summed E-state index contributed by atoms with van der Waals surface area (Å²) >= 11 is 0. The van der Waals surface area contributed by atoms with Crippen molar-refractivity contribution in [2.75, 3.05) is 6.54 Å².